The standard InChI is InChI=1S/C24H23N3O5S2/c1-15-4-10-20(16(2)12-15)25-23(28)14-33-24-26-21-13-19(9-11-22(21)32-24)34(29,30)27-17-5-7-18(31-3)8-6-17/h4-13,27H,14H2,1-3H3,(H,25,28). The van der Waals surface area contributed by atoms with Crippen LogP contribution in [0.5, 0.6) is 5.75 Å². The van der Waals surface area contributed by atoms with Crippen LogP contribution in [0.25, 0.3) is 11.1 Å². The average Bonchev–Trinajstić information content (AvgIpc) is 3.22. The number of ether oxygens (including phenoxy) is 1. The zero-order valence-corrected chi connectivity index (χ0v) is 20.4. The number of benzene rings is 3. The monoisotopic (exact) mass is 497 g/mol. The van der Waals surface area contributed by atoms with Crippen molar-refractivity contribution in [2.24, 2.45) is 0 Å². The van der Waals surface area contributed by atoms with Gasteiger partial charge in [0.1, 0.15) is 11.3 Å². The number of thioether (sulfide) groups is 1. The Morgan fingerprint density at radius 1 is 1.06 bits per heavy atom. The number of nitrogens with one attached hydrogen (secondary N) is 2. The first kappa shape index (κ1) is 23.7. The molecule has 0 aliphatic carbocycles. The Morgan fingerprint density at radius 2 is 1.82 bits per heavy atom. The van der Waals surface area contributed by atoms with Crippen molar-refractivity contribution >= 4 is 50.2 Å². The van der Waals surface area contributed by atoms with E-state index in [9.17, 15) is 13.2 Å². The molecule has 0 aliphatic rings. The SMILES string of the molecule is COc1ccc(NS(=O)(=O)c2ccc3oc(SCC(=O)Nc4ccc(C)cc4C)nc3c2)cc1. The van der Waals surface area contributed by atoms with Crippen LogP contribution >= 0.6 is 11.8 Å². The summed E-state index contributed by atoms with van der Waals surface area (Å²) in [6, 6.07) is 16.8. The number of carbonyl (C=O) groups excluding carboxylic acids is 1. The van der Waals surface area contributed by atoms with Crippen LogP contribution in [0.4, 0.5) is 11.4 Å². The maximum atomic E-state index is 12.8. The molecule has 0 saturated carbocycles. The molecule has 0 radical (unpaired) electrons. The van der Waals surface area contributed by atoms with Gasteiger partial charge in [0, 0.05) is 11.4 Å². The van der Waals surface area contributed by atoms with Gasteiger partial charge in [-0.25, -0.2) is 13.4 Å². The molecule has 0 aliphatic heterocycles. The second kappa shape index (κ2) is 9.78. The number of aromatic nitrogens is 1. The summed E-state index contributed by atoms with van der Waals surface area (Å²) >= 11 is 1.14. The minimum atomic E-state index is -3.83. The molecule has 0 spiro atoms. The van der Waals surface area contributed by atoms with E-state index in [0.717, 1.165) is 28.6 Å². The number of aryl methyl sites for hydroxylation is 2. The Labute approximate surface area is 201 Å². The maximum Gasteiger partial charge on any atom is 0.261 e. The van der Waals surface area contributed by atoms with Gasteiger partial charge < -0.3 is 14.5 Å². The quantitative estimate of drug-likeness (QED) is 0.330. The highest BCUT2D eigenvalue weighted by Crippen LogP contribution is 2.27. The zero-order valence-electron chi connectivity index (χ0n) is 18.8. The largest absolute Gasteiger partial charge is 0.497 e. The number of methoxy groups -OCH3 is 1. The van der Waals surface area contributed by atoms with Gasteiger partial charge >= 0.3 is 0 Å². The molecule has 176 valence electrons. The minimum absolute atomic E-state index is 0.0493. The molecule has 0 unspecified atom stereocenters. The van der Waals surface area contributed by atoms with Crippen molar-refractivity contribution in [3.8, 4) is 5.75 Å². The average molecular weight is 498 g/mol. The third-order valence-electron chi connectivity index (χ3n) is 4.97. The summed E-state index contributed by atoms with van der Waals surface area (Å²) in [6.45, 7) is 3.93. The second-order valence-electron chi connectivity index (χ2n) is 7.60. The first-order valence-electron chi connectivity index (χ1n) is 10.3. The Balaban J connectivity index is 1.43. The van der Waals surface area contributed by atoms with E-state index < -0.39 is 10.0 Å². The highest BCUT2D eigenvalue weighted by Gasteiger charge is 2.17. The highest BCUT2D eigenvalue weighted by atomic mass is 32.2. The highest BCUT2D eigenvalue weighted by molar-refractivity contribution is 7.99. The summed E-state index contributed by atoms with van der Waals surface area (Å²) in [5, 5.41) is 3.16. The van der Waals surface area contributed by atoms with Crippen molar-refractivity contribution in [2.45, 2.75) is 24.0 Å². The molecule has 4 aromatic rings. The lowest BCUT2D eigenvalue weighted by Crippen LogP contribution is -2.14. The molecule has 0 fully saturated rings. The van der Waals surface area contributed by atoms with E-state index in [-0.39, 0.29) is 21.8 Å². The molecular weight excluding hydrogens is 474 g/mol. The van der Waals surface area contributed by atoms with Gasteiger partial charge in [0.25, 0.3) is 15.2 Å². The Kier molecular flexibility index (Phi) is 6.80. The lowest BCUT2D eigenvalue weighted by molar-refractivity contribution is -0.113. The number of rotatable bonds is 8. The third-order valence-corrected chi connectivity index (χ3v) is 7.18. The van der Waals surface area contributed by atoms with Crippen LogP contribution in [0.15, 0.2) is 75.2 Å². The fraction of sp³-hybridized carbons (Fsp3) is 0.167. The van der Waals surface area contributed by atoms with E-state index in [1.54, 1.807) is 30.3 Å². The van der Waals surface area contributed by atoms with E-state index in [2.05, 4.69) is 15.0 Å². The summed E-state index contributed by atoms with van der Waals surface area (Å²) in [6.07, 6.45) is 0. The third kappa shape index (κ3) is 5.52. The minimum Gasteiger partial charge on any atom is -0.497 e. The molecule has 1 amide bonds. The lowest BCUT2D eigenvalue weighted by atomic mass is 10.1. The summed E-state index contributed by atoms with van der Waals surface area (Å²) in [7, 11) is -2.29. The lowest BCUT2D eigenvalue weighted by Gasteiger charge is -2.08. The van der Waals surface area contributed by atoms with Crippen LogP contribution in [-0.2, 0) is 14.8 Å². The number of nitrogens with zero attached hydrogens (tertiary/aromatic N) is 1. The topological polar surface area (TPSA) is 111 Å². The molecule has 10 heteroatoms. The van der Waals surface area contributed by atoms with Gasteiger partial charge in [-0.15, -0.1) is 0 Å². The number of oxazole rings is 1. The summed E-state index contributed by atoms with van der Waals surface area (Å²) in [5.41, 5.74) is 4.09. The van der Waals surface area contributed by atoms with E-state index >= 15 is 0 Å². The van der Waals surface area contributed by atoms with Crippen LogP contribution in [0, 0.1) is 13.8 Å². The number of fused-ring (bicyclic) bond motifs is 1. The predicted octanol–water partition coefficient (Wildman–Crippen LogP) is 4.98. The molecule has 0 saturated heterocycles. The Bertz CT molecular complexity index is 1450. The molecular formula is C24H23N3O5S2. The molecule has 3 aromatic carbocycles. The Hall–Kier alpha value is -3.50. The van der Waals surface area contributed by atoms with E-state index in [4.69, 9.17) is 9.15 Å². The summed E-state index contributed by atoms with van der Waals surface area (Å²) < 4.78 is 38.8. The molecule has 1 heterocycles. The van der Waals surface area contributed by atoms with Gasteiger partial charge in [0.2, 0.25) is 5.91 Å². The molecule has 34 heavy (non-hydrogen) atoms. The van der Waals surface area contributed by atoms with Gasteiger partial charge in [-0.1, -0.05) is 29.5 Å². The molecule has 2 N–H and O–H groups in total. The van der Waals surface area contributed by atoms with Crippen LogP contribution in [0.1, 0.15) is 11.1 Å². The number of sulfonamides is 1. The molecule has 1 aromatic heterocycles. The van der Waals surface area contributed by atoms with Crippen LogP contribution in [0.3, 0.4) is 0 Å². The van der Waals surface area contributed by atoms with Gasteiger partial charge in [-0.3, -0.25) is 9.52 Å². The fourth-order valence-corrected chi connectivity index (χ4v) is 4.97. The number of anilines is 2. The molecule has 0 bridgehead atoms. The van der Waals surface area contributed by atoms with Crippen molar-refractivity contribution in [1.29, 1.82) is 0 Å². The van der Waals surface area contributed by atoms with Crippen molar-refractivity contribution in [1.82, 2.24) is 4.98 Å². The van der Waals surface area contributed by atoms with Gasteiger partial charge in [0.15, 0.2) is 5.58 Å². The van der Waals surface area contributed by atoms with Crippen LogP contribution < -0.4 is 14.8 Å². The smallest absolute Gasteiger partial charge is 0.261 e. The van der Waals surface area contributed by atoms with Gasteiger partial charge in [-0.2, -0.15) is 0 Å². The van der Waals surface area contributed by atoms with Crippen molar-refractivity contribution < 1.29 is 22.4 Å². The maximum absolute atomic E-state index is 12.8. The van der Waals surface area contributed by atoms with Crippen molar-refractivity contribution in [3.63, 3.8) is 0 Å². The van der Waals surface area contributed by atoms with Crippen molar-refractivity contribution in [3.05, 3.63) is 71.8 Å². The van der Waals surface area contributed by atoms with E-state index in [1.807, 2.05) is 32.0 Å². The number of amides is 1. The summed E-state index contributed by atoms with van der Waals surface area (Å²) in [4.78, 5) is 16.7. The zero-order chi connectivity index (χ0) is 24.3. The first-order valence-corrected chi connectivity index (χ1v) is 12.8. The van der Waals surface area contributed by atoms with Crippen LogP contribution in [-0.4, -0.2) is 32.2 Å². The fourth-order valence-electron chi connectivity index (χ4n) is 3.26. The molecule has 0 atom stereocenters. The van der Waals surface area contributed by atoms with Gasteiger partial charge in [-0.05, 0) is 67.9 Å². The molecule has 8 nitrogen and oxygen atoms in total. The molecule has 4 rings (SSSR count). The number of hydrogen-bond acceptors (Lipinski definition) is 7. The van der Waals surface area contributed by atoms with Crippen LogP contribution in [0.2, 0.25) is 0 Å². The predicted molar refractivity (Wildman–Crippen MR) is 133 cm³/mol. The summed E-state index contributed by atoms with van der Waals surface area (Å²) in [5.74, 6) is 0.537. The van der Waals surface area contributed by atoms with E-state index in [1.165, 1.54) is 19.2 Å². The number of hydrogen-bond donors (Lipinski definition) is 2. The first-order chi connectivity index (χ1) is 16.2. The van der Waals surface area contributed by atoms with E-state index in [0.29, 0.717) is 22.5 Å². The van der Waals surface area contributed by atoms with Gasteiger partial charge in [0.05, 0.1) is 17.8 Å². The van der Waals surface area contributed by atoms with Crippen molar-refractivity contribution in [2.75, 3.05) is 22.9 Å². The second-order valence-corrected chi connectivity index (χ2v) is 10.2. The number of carbonyl (C=O) groups is 1. The Morgan fingerprint density at radius 3 is 2.53 bits per heavy atom. The normalized spacial score (nSPS) is 11.4.